The zero-order valence-electron chi connectivity index (χ0n) is 15.9. The van der Waals surface area contributed by atoms with E-state index in [-0.39, 0.29) is 11.4 Å². The number of carboxylic acids is 1. The Kier molecular flexibility index (Phi) is 6.92. The lowest BCUT2D eigenvalue weighted by molar-refractivity contribution is -0.111. The molecule has 0 heterocycles. The predicted octanol–water partition coefficient (Wildman–Crippen LogP) is 6.29. The lowest BCUT2D eigenvalue weighted by atomic mass is 10.1. The van der Waals surface area contributed by atoms with Crippen LogP contribution in [0.4, 0.5) is 10.1 Å². The van der Waals surface area contributed by atoms with Crippen LogP contribution in [0, 0.1) is 12.7 Å². The highest BCUT2D eigenvalue weighted by Gasteiger charge is 2.08. The Hall–Kier alpha value is -3.09. The van der Waals surface area contributed by atoms with Gasteiger partial charge in [-0.05, 0) is 78.7 Å². The van der Waals surface area contributed by atoms with Gasteiger partial charge in [-0.25, -0.2) is 9.18 Å². The Morgan fingerprint density at radius 3 is 2.53 bits per heavy atom. The van der Waals surface area contributed by atoms with Crippen molar-refractivity contribution in [3.05, 3.63) is 94.3 Å². The number of aromatic carboxylic acids is 1. The van der Waals surface area contributed by atoms with E-state index in [9.17, 15) is 14.0 Å². The third-order valence-electron chi connectivity index (χ3n) is 4.13. The highest BCUT2D eigenvalue weighted by Crippen LogP contribution is 2.34. The molecule has 0 radical (unpaired) electrons. The summed E-state index contributed by atoms with van der Waals surface area (Å²) in [4.78, 5) is 25.0. The number of benzene rings is 3. The number of anilines is 1. The van der Waals surface area contributed by atoms with Crippen molar-refractivity contribution in [2.45, 2.75) is 16.7 Å². The second-order valence-electron chi connectivity index (χ2n) is 6.40. The van der Waals surface area contributed by atoms with Gasteiger partial charge in [-0.15, -0.1) is 0 Å². The van der Waals surface area contributed by atoms with Gasteiger partial charge in [-0.3, -0.25) is 4.79 Å². The minimum atomic E-state index is -1.07. The summed E-state index contributed by atoms with van der Waals surface area (Å²) in [7, 11) is 0. The van der Waals surface area contributed by atoms with Crippen molar-refractivity contribution in [1.29, 1.82) is 0 Å². The van der Waals surface area contributed by atoms with E-state index in [1.807, 2.05) is 13.0 Å². The molecule has 30 heavy (non-hydrogen) atoms. The Labute approximate surface area is 182 Å². The Bertz CT molecular complexity index is 1130. The number of rotatable bonds is 6. The van der Waals surface area contributed by atoms with Crippen LogP contribution in [0.5, 0.6) is 0 Å². The van der Waals surface area contributed by atoms with Gasteiger partial charge in [0.25, 0.3) is 0 Å². The van der Waals surface area contributed by atoms with Gasteiger partial charge >= 0.3 is 5.97 Å². The number of aryl methyl sites for hydroxylation is 1. The molecule has 1 amide bonds. The van der Waals surface area contributed by atoms with Crippen LogP contribution in [0.3, 0.4) is 0 Å². The summed E-state index contributed by atoms with van der Waals surface area (Å²) < 4.78 is 13.1. The van der Waals surface area contributed by atoms with Crippen LogP contribution >= 0.6 is 23.4 Å². The molecule has 0 aliphatic carbocycles. The third-order valence-corrected chi connectivity index (χ3v) is 5.62. The number of amides is 1. The fourth-order valence-electron chi connectivity index (χ4n) is 2.63. The Morgan fingerprint density at radius 2 is 1.83 bits per heavy atom. The molecule has 3 aromatic rings. The normalized spacial score (nSPS) is 10.9. The van der Waals surface area contributed by atoms with E-state index in [0.29, 0.717) is 16.3 Å². The van der Waals surface area contributed by atoms with Crippen LogP contribution in [0.2, 0.25) is 5.02 Å². The quantitative estimate of drug-likeness (QED) is 0.441. The van der Waals surface area contributed by atoms with Gasteiger partial charge in [0.05, 0.1) is 5.56 Å². The summed E-state index contributed by atoms with van der Waals surface area (Å²) in [5.74, 6) is -1.76. The first-order valence-corrected chi connectivity index (χ1v) is 10.1. The first-order valence-electron chi connectivity index (χ1n) is 8.88. The van der Waals surface area contributed by atoms with Crippen molar-refractivity contribution in [3.63, 3.8) is 0 Å². The molecule has 2 N–H and O–H groups in total. The summed E-state index contributed by atoms with van der Waals surface area (Å²) in [6.07, 6.45) is 2.93. The Morgan fingerprint density at radius 1 is 1.10 bits per heavy atom. The molecule has 3 aromatic carbocycles. The SMILES string of the molecule is Cc1cc(C=CC(=O)Nc2cccc(C(=O)O)c2)c(Cl)cc1Sc1ccc(F)cc1. The molecule has 0 saturated carbocycles. The summed E-state index contributed by atoms with van der Waals surface area (Å²) >= 11 is 7.84. The molecule has 0 aliphatic heterocycles. The van der Waals surface area contributed by atoms with Crippen molar-refractivity contribution in [2.24, 2.45) is 0 Å². The largest absolute Gasteiger partial charge is 0.478 e. The zero-order chi connectivity index (χ0) is 21.7. The van der Waals surface area contributed by atoms with Gasteiger partial charge in [-0.1, -0.05) is 29.4 Å². The molecule has 0 aliphatic rings. The van der Waals surface area contributed by atoms with E-state index in [2.05, 4.69) is 5.32 Å². The number of carbonyl (C=O) groups excluding carboxylic acids is 1. The van der Waals surface area contributed by atoms with Gasteiger partial charge < -0.3 is 10.4 Å². The Balaban J connectivity index is 1.71. The smallest absolute Gasteiger partial charge is 0.335 e. The molecule has 3 rings (SSSR count). The van der Waals surface area contributed by atoms with Crippen LogP contribution < -0.4 is 5.32 Å². The van der Waals surface area contributed by atoms with E-state index in [4.69, 9.17) is 16.7 Å². The van der Waals surface area contributed by atoms with Crippen LogP contribution in [0.25, 0.3) is 6.08 Å². The monoisotopic (exact) mass is 441 g/mol. The van der Waals surface area contributed by atoms with E-state index in [1.54, 1.807) is 36.4 Å². The van der Waals surface area contributed by atoms with Crippen LogP contribution in [-0.4, -0.2) is 17.0 Å². The minimum absolute atomic E-state index is 0.0877. The molecule has 7 heteroatoms. The van der Waals surface area contributed by atoms with Crippen molar-refractivity contribution in [2.75, 3.05) is 5.32 Å². The maximum absolute atomic E-state index is 13.1. The second-order valence-corrected chi connectivity index (χ2v) is 7.93. The molecular weight excluding hydrogens is 425 g/mol. The van der Waals surface area contributed by atoms with Crippen molar-refractivity contribution >= 4 is 47.0 Å². The highest BCUT2D eigenvalue weighted by molar-refractivity contribution is 7.99. The summed E-state index contributed by atoms with van der Waals surface area (Å²) in [5.41, 5.74) is 2.11. The lowest BCUT2D eigenvalue weighted by Gasteiger charge is -2.09. The molecule has 0 bridgehead atoms. The number of hydrogen-bond acceptors (Lipinski definition) is 3. The average Bonchev–Trinajstić information content (AvgIpc) is 2.71. The molecular formula is C23H17ClFNO3S. The fourth-order valence-corrected chi connectivity index (χ4v) is 3.85. The molecule has 0 atom stereocenters. The van der Waals surface area contributed by atoms with E-state index >= 15 is 0 Å². The number of nitrogens with one attached hydrogen (secondary N) is 1. The summed E-state index contributed by atoms with van der Waals surface area (Å²) in [5, 5.41) is 12.1. The highest BCUT2D eigenvalue weighted by atomic mass is 35.5. The molecule has 0 spiro atoms. The summed E-state index contributed by atoms with van der Waals surface area (Å²) in [6.45, 7) is 1.93. The van der Waals surface area contributed by atoms with Crippen molar-refractivity contribution in [1.82, 2.24) is 0 Å². The maximum atomic E-state index is 13.1. The number of halogens is 2. The molecule has 4 nitrogen and oxygen atoms in total. The van der Waals surface area contributed by atoms with Crippen molar-refractivity contribution < 1.29 is 19.1 Å². The number of hydrogen-bond donors (Lipinski definition) is 2. The van der Waals surface area contributed by atoms with Gasteiger partial charge in [-0.2, -0.15) is 0 Å². The standard InChI is InChI=1S/C23H17ClFNO3S/c1-14-11-15(20(24)13-21(14)30-19-8-6-17(25)7-9-19)5-10-22(27)26-18-4-2-3-16(12-18)23(28)29/h2-13H,1H3,(H,26,27)(H,28,29). The molecule has 0 aromatic heterocycles. The molecule has 0 saturated heterocycles. The topological polar surface area (TPSA) is 66.4 Å². The van der Waals surface area contributed by atoms with Crippen LogP contribution in [-0.2, 0) is 4.79 Å². The van der Waals surface area contributed by atoms with E-state index in [0.717, 1.165) is 15.4 Å². The van der Waals surface area contributed by atoms with Gasteiger partial charge in [0.15, 0.2) is 0 Å². The molecule has 0 unspecified atom stereocenters. The molecule has 152 valence electrons. The minimum Gasteiger partial charge on any atom is -0.478 e. The van der Waals surface area contributed by atoms with Gasteiger partial charge in [0.2, 0.25) is 5.91 Å². The van der Waals surface area contributed by atoms with Crippen LogP contribution in [0.15, 0.2) is 76.5 Å². The predicted molar refractivity (Wildman–Crippen MR) is 118 cm³/mol. The van der Waals surface area contributed by atoms with E-state index < -0.39 is 11.9 Å². The first kappa shape index (κ1) is 21.6. The zero-order valence-corrected chi connectivity index (χ0v) is 17.4. The van der Waals surface area contributed by atoms with Crippen molar-refractivity contribution in [3.8, 4) is 0 Å². The fraction of sp³-hybridized carbons (Fsp3) is 0.0435. The van der Waals surface area contributed by atoms with E-state index in [1.165, 1.54) is 42.1 Å². The number of carboxylic acid groups (broad SMARTS) is 1. The average molecular weight is 442 g/mol. The summed E-state index contributed by atoms with van der Waals surface area (Å²) in [6, 6.07) is 15.9. The van der Waals surface area contributed by atoms with Gasteiger partial charge in [0.1, 0.15) is 5.82 Å². The lowest BCUT2D eigenvalue weighted by Crippen LogP contribution is -2.08. The maximum Gasteiger partial charge on any atom is 0.335 e. The van der Waals surface area contributed by atoms with Gasteiger partial charge in [0, 0.05) is 26.6 Å². The third kappa shape index (κ3) is 5.72. The second kappa shape index (κ2) is 9.61. The molecule has 0 fully saturated rings. The van der Waals surface area contributed by atoms with Crippen LogP contribution in [0.1, 0.15) is 21.5 Å². The first-order chi connectivity index (χ1) is 14.3. The number of carbonyl (C=O) groups is 2.